The molecule has 0 aliphatic rings. The van der Waals surface area contributed by atoms with Gasteiger partial charge < -0.3 is 5.32 Å². The van der Waals surface area contributed by atoms with E-state index in [0.717, 1.165) is 4.68 Å². The Labute approximate surface area is 119 Å². The third-order valence-electron chi connectivity index (χ3n) is 2.61. The average molecular weight is 286 g/mol. The minimum atomic E-state index is -0.593. The Morgan fingerprint density at radius 1 is 1.57 bits per heavy atom. The van der Waals surface area contributed by atoms with E-state index < -0.39 is 4.92 Å². The van der Waals surface area contributed by atoms with Crippen molar-refractivity contribution in [2.45, 2.75) is 6.92 Å². The van der Waals surface area contributed by atoms with Crippen molar-refractivity contribution in [3.05, 3.63) is 46.0 Å². The maximum Gasteiger partial charge on any atom is 0.294 e. The van der Waals surface area contributed by atoms with Crippen LogP contribution in [0, 0.1) is 21.4 Å². The quantitative estimate of drug-likeness (QED) is 0.654. The lowest BCUT2D eigenvalue weighted by atomic mass is 10.1. The second-order valence-corrected chi connectivity index (χ2v) is 3.94. The molecular weight excluding hydrogens is 276 g/mol. The zero-order valence-electron chi connectivity index (χ0n) is 11.0. The molecule has 0 spiro atoms. The Balaban J connectivity index is 2.54. The monoisotopic (exact) mass is 286 g/mol. The number of carbonyl (C=O) groups excluding carboxylic acids is 1. The molecule has 1 aromatic carbocycles. The smallest absolute Gasteiger partial charge is 0.294 e. The molecule has 0 fully saturated rings. The molecule has 0 saturated heterocycles. The number of hydrogen-bond acceptors (Lipinski definition) is 6. The van der Waals surface area contributed by atoms with Crippen molar-refractivity contribution in [2.24, 2.45) is 0 Å². The summed E-state index contributed by atoms with van der Waals surface area (Å²) in [5.74, 6) is -0.470. The Hall–Kier alpha value is -3.28. The summed E-state index contributed by atoms with van der Waals surface area (Å²) in [6.07, 6.45) is 1.18. The van der Waals surface area contributed by atoms with Crippen LogP contribution in [0.2, 0.25) is 0 Å². The first-order valence-electron chi connectivity index (χ1n) is 5.95. The Kier molecular flexibility index (Phi) is 3.90. The van der Waals surface area contributed by atoms with Gasteiger partial charge in [-0.3, -0.25) is 14.9 Å². The second-order valence-electron chi connectivity index (χ2n) is 3.94. The van der Waals surface area contributed by atoms with Crippen molar-refractivity contribution in [1.29, 1.82) is 5.26 Å². The van der Waals surface area contributed by atoms with Crippen LogP contribution in [0.3, 0.4) is 0 Å². The molecule has 1 amide bonds. The molecule has 1 heterocycles. The van der Waals surface area contributed by atoms with Gasteiger partial charge in [0.2, 0.25) is 0 Å². The number of nitro groups is 1. The number of amides is 1. The predicted molar refractivity (Wildman–Crippen MR) is 70.7 cm³/mol. The lowest BCUT2D eigenvalue weighted by Gasteiger charge is -2.06. The van der Waals surface area contributed by atoms with E-state index in [2.05, 4.69) is 15.4 Å². The van der Waals surface area contributed by atoms with Crippen molar-refractivity contribution in [3.63, 3.8) is 0 Å². The van der Waals surface area contributed by atoms with Crippen LogP contribution in [0.1, 0.15) is 23.1 Å². The molecule has 0 radical (unpaired) electrons. The standard InChI is InChI=1S/C12H10N6O3/c1-2-14-12(19)8-3-4-9(18(20)21)10(5-8)17-7-15-11(6-13)16-17/h3-5,7H,2H2,1H3,(H,14,19). The third-order valence-corrected chi connectivity index (χ3v) is 2.61. The lowest BCUT2D eigenvalue weighted by Crippen LogP contribution is -2.22. The summed E-state index contributed by atoms with van der Waals surface area (Å²) < 4.78 is 1.10. The molecule has 0 saturated carbocycles. The van der Waals surface area contributed by atoms with Gasteiger partial charge in [0.25, 0.3) is 17.4 Å². The number of rotatable bonds is 4. The Morgan fingerprint density at radius 3 is 2.90 bits per heavy atom. The number of carbonyl (C=O) groups is 1. The van der Waals surface area contributed by atoms with Gasteiger partial charge in [-0.2, -0.15) is 5.26 Å². The van der Waals surface area contributed by atoms with Gasteiger partial charge in [-0.1, -0.05) is 0 Å². The van der Waals surface area contributed by atoms with Crippen molar-refractivity contribution >= 4 is 11.6 Å². The molecule has 9 nitrogen and oxygen atoms in total. The number of aromatic nitrogens is 3. The van der Waals surface area contributed by atoms with E-state index in [0.29, 0.717) is 6.54 Å². The molecule has 1 aromatic heterocycles. The highest BCUT2D eigenvalue weighted by molar-refractivity contribution is 5.95. The van der Waals surface area contributed by atoms with Crippen LogP contribution in [0.4, 0.5) is 5.69 Å². The highest BCUT2D eigenvalue weighted by atomic mass is 16.6. The molecule has 2 aromatic rings. The average Bonchev–Trinajstić information content (AvgIpc) is 2.95. The van der Waals surface area contributed by atoms with Gasteiger partial charge >= 0.3 is 0 Å². The first-order chi connectivity index (χ1) is 10.1. The molecule has 0 bridgehead atoms. The molecule has 0 atom stereocenters. The topological polar surface area (TPSA) is 127 Å². The molecular formula is C12H10N6O3. The van der Waals surface area contributed by atoms with E-state index in [9.17, 15) is 14.9 Å². The zero-order valence-corrected chi connectivity index (χ0v) is 11.0. The maximum atomic E-state index is 11.8. The van der Waals surface area contributed by atoms with Crippen LogP contribution in [-0.2, 0) is 0 Å². The fourth-order valence-corrected chi connectivity index (χ4v) is 1.70. The molecule has 9 heteroatoms. The van der Waals surface area contributed by atoms with Crippen LogP contribution in [-0.4, -0.2) is 32.1 Å². The van der Waals surface area contributed by atoms with Crippen LogP contribution >= 0.6 is 0 Å². The van der Waals surface area contributed by atoms with Gasteiger partial charge in [0.05, 0.1) is 4.92 Å². The van der Waals surface area contributed by atoms with Crippen molar-refractivity contribution < 1.29 is 9.72 Å². The molecule has 0 aliphatic carbocycles. The van der Waals surface area contributed by atoms with E-state index in [1.807, 2.05) is 0 Å². The van der Waals surface area contributed by atoms with E-state index >= 15 is 0 Å². The van der Waals surface area contributed by atoms with Gasteiger partial charge in [-0.25, -0.2) is 9.67 Å². The van der Waals surface area contributed by atoms with Crippen LogP contribution < -0.4 is 5.32 Å². The number of hydrogen-bond donors (Lipinski definition) is 1. The fourth-order valence-electron chi connectivity index (χ4n) is 1.70. The first kappa shape index (κ1) is 14.1. The maximum absolute atomic E-state index is 11.8. The van der Waals surface area contributed by atoms with Crippen molar-refractivity contribution in [3.8, 4) is 11.8 Å². The Bertz CT molecular complexity index is 746. The van der Waals surface area contributed by atoms with E-state index in [1.165, 1.54) is 24.5 Å². The zero-order chi connectivity index (χ0) is 15.4. The summed E-state index contributed by atoms with van der Waals surface area (Å²) in [6, 6.07) is 5.64. The lowest BCUT2D eigenvalue weighted by molar-refractivity contribution is -0.384. The van der Waals surface area contributed by atoms with Gasteiger partial charge in [0.15, 0.2) is 0 Å². The normalized spacial score (nSPS) is 9.90. The van der Waals surface area contributed by atoms with E-state index in [4.69, 9.17) is 5.26 Å². The SMILES string of the molecule is CCNC(=O)c1ccc([N+](=O)[O-])c(-n2cnc(C#N)n2)c1. The van der Waals surface area contributed by atoms with Gasteiger partial charge in [-0.05, 0) is 19.1 Å². The van der Waals surface area contributed by atoms with E-state index in [1.54, 1.807) is 13.0 Å². The minimum Gasteiger partial charge on any atom is -0.352 e. The summed E-state index contributed by atoms with van der Waals surface area (Å²) in [4.78, 5) is 25.9. The molecule has 2 rings (SSSR count). The summed E-state index contributed by atoms with van der Waals surface area (Å²) in [5.41, 5.74) is 0.0849. The highest BCUT2D eigenvalue weighted by Gasteiger charge is 2.19. The molecule has 21 heavy (non-hydrogen) atoms. The second kappa shape index (κ2) is 5.79. The summed E-state index contributed by atoms with van der Waals surface area (Å²) in [7, 11) is 0. The molecule has 106 valence electrons. The first-order valence-corrected chi connectivity index (χ1v) is 5.95. The molecule has 1 N–H and O–H groups in total. The van der Waals surface area contributed by atoms with Crippen LogP contribution in [0.15, 0.2) is 24.5 Å². The number of nitrogens with one attached hydrogen (secondary N) is 1. The molecule has 0 unspecified atom stereocenters. The van der Waals surface area contributed by atoms with Gasteiger partial charge in [0, 0.05) is 18.2 Å². The van der Waals surface area contributed by atoms with Crippen LogP contribution in [0.25, 0.3) is 5.69 Å². The third kappa shape index (κ3) is 2.84. The number of nitriles is 1. The van der Waals surface area contributed by atoms with Gasteiger partial charge in [-0.15, -0.1) is 5.10 Å². The number of nitro benzene ring substituents is 1. The highest BCUT2D eigenvalue weighted by Crippen LogP contribution is 2.23. The van der Waals surface area contributed by atoms with Crippen LogP contribution in [0.5, 0.6) is 0 Å². The summed E-state index contributed by atoms with van der Waals surface area (Å²) >= 11 is 0. The summed E-state index contributed by atoms with van der Waals surface area (Å²) in [5, 5.41) is 26.2. The fraction of sp³-hybridized carbons (Fsp3) is 0.167. The number of benzene rings is 1. The largest absolute Gasteiger partial charge is 0.352 e. The predicted octanol–water partition coefficient (Wildman–Crippen LogP) is 0.797. The van der Waals surface area contributed by atoms with Gasteiger partial charge in [0.1, 0.15) is 18.1 Å². The number of nitrogens with zero attached hydrogens (tertiary/aromatic N) is 5. The van der Waals surface area contributed by atoms with Crippen molar-refractivity contribution in [1.82, 2.24) is 20.1 Å². The summed E-state index contributed by atoms with van der Waals surface area (Å²) in [6.45, 7) is 2.20. The van der Waals surface area contributed by atoms with E-state index in [-0.39, 0.29) is 28.7 Å². The Morgan fingerprint density at radius 2 is 2.33 bits per heavy atom. The van der Waals surface area contributed by atoms with Crippen molar-refractivity contribution in [2.75, 3.05) is 6.54 Å². The minimum absolute atomic E-state index is 0.0674. The molecule has 0 aliphatic heterocycles.